The van der Waals surface area contributed by atoms with Gasteiger partial charge in [-0.05, 0) is 142 Å². The van der Waals surface area contributed by atoms with Gasteiger partial charge in [0.2, 0.25) is 5.88 Å². The fourth-order valence-electron chi connectivity index (χ4n) is 15.2. The van der Waals surface area contributed by atoms with Crippen LogP contribution in [0, 0.1) is 30.2 Å². The first-order chi connectivity index (χ1) is 45.2. The molecule has 12 rings (SSSR count). The van der Waals surface area contributed by atoms with Crippen molar-refractivity contribution in [3.05, 3.63) is 90.5 Å². The number of rotatable bonds is 19. The van der Waals surface area contributed by atoms with E-state index in [-0.39, 0.29) is 60.3 Å². The monoisotopic (exact) mass is 1390 g/mol. The fourth-order valence-corrected chi connectivity index (χ4v) is 17.4. The second kappa shape index (κ2) is 27.0. The Hall–Kier alpha value is -7.02. The van der Waals surface area contributed by atoms with Crippen LogP contribution in [0.4, 0.5) is 15.4 Å². The molecule has 0 radical (unpaired) electrons. The highest BCUT2D eigenvalue weighted by atomic mass is 35.5. The molecule has 2 unspecified atom stereocenters. The molecule has 6 aromatic heterocycles. The molecule has 2 N–H and O–H groups in total. The van der Waals surface area contributed by atoms with Crippen molar-refractivity contribution in [2.45, 2.75) is 207 Å². The standard InChI is InChI=1S/C35H46ClN7O4Si.C35H49ClN6O5Si/c1-10-43-30(37-5)28-24(40-43)14-13-21(29(28)36)23-18-42(19-46-15-16-48(7,8)9)32-27(23)33(44)41(6)31(39-32)26-20-11-12-22(26)25(17-20)38-34(45)47-35(2,3)4;1-10-42-33(45-6)28-24(39-42)14-13-21(29(28)36)23-18-41(19-46-15-16-48(7,8)9)31-27(23)32(43)40(5)30(38-31)26-20-11-12-22(26)25(17-20)37-34(44)47-35(2,3)4/h13-14,18,20,22,25-26H,10-12,15-17,19H2,1-4,6-9H3,(H,38,45);13-14,18,20,22,25-26H,10-12,15-17,19H2,1-9H3,(H,37,44)/t2*20-,22+,25+,26?/m00/s1. The van der Waals surface area contributed by atoms with Gasteiger partial charge in [-0.25, -0.2) is 24.2 Å². The fraction of sp³-hybridized carbons (Fsp3) is 0.586. The van der Waals surface area contributed by atoms with E-state index in [1.54, 1.807) is 32.7 Å². The lowest BCUT2D eigenvalue weighted by molar-refractivity contribution is 0.0474. The maximum Gasteiger partial charge on any atom is 0.407 e. The van der Waals surface area contributed by atoms with Crippen LogP contribution < -0.4 is 26.5 Å². The highest BCUT2D eigenvalue weighted by Crippen LogP contribution is 2.56. The summed E-state index contributed by atoms with van der Waals surface area (Å²) in [5, 5.41) is 18.6. The van der Waals surface area contributed by atoms with Crippen molar-refractivity contribution >= 4 is 101 Å². The van der Waals surface area contributed by atoms with E-state index in [4.69, 9.17) is 63.4 Å². The average Bonchev–Trinajstić information content (AvgIpc) is 1.50. The predicted octanol–water partition coefficient (Wildman–Crippen LogP) is 14.8. The summed E-state index contributed by atoms with van der Waals surface area (Å²) in [7, 11) is 2.59. The van der Waals surface area contributed by atoms with Crippen LogP contribution in [0.3, 0.4) is 0 Å². The molecule has 0 aliphatic heterocycles. The number of aromatic nitrogens is 10. The molecule has 8 aromatic rings. The Labute approximate surface area is 573 Å². The van der Waals surface area contributed by atoms with E-state index in [0.717, 1.165) is 67.8 Å². The summed E-state index contributed by atoms with van der Waals surface area (Å²) in [6.45, 7) is 39.7. The van der Waals surface area contributed by atoms with Crippen LogP contribution in [0.5, 0.6) is 5.88 Å². The molecule has 8 atom stereocenters. The van der Waals surface area contributed by atoms with Crippen molar-refractivity contribution in [2.75, 3.05) is 20.3 Å². The van der Waals surface area contributed by atoms with Crippen LogP contribution >= 0.6 is 23.2 Å². The minimum Gasteiger partial charge on any atom is -0.481 e. The number of amides is 2. The number of aryl methyl sites for hydroxylation is 2. The third-order valence-corrected chi connectivity index (χ3v) is 23.8. The molecule has 516 valence electrons. The van der Waals surface area contributed by atoms with Crippen LogP contribution in [-0.2, 0) is 59.6 Å². The zero-order chi connectivity index (χ0) is 69.4. The Balaban J connectivity index is 0.000000195. The molecule has 4 saturated carbocycles. The van der Waals surface area contributed by atoms with E-state index in [2.05, 4.69) is 65.0 Å². The molecule has 4 aliphatic rings. The topological polar surface area (TPSA) is 224 Å². The number of fused-ring (bicyclic) bond motifs is 8. The number of carbonyl (C=O) groups excluding carboxylic acids is 2. The lowest BCUT2D eigenvalue weighted by Gasteiger charge is -2.26. The molecule has 0 saturated heterocycles. The number of carbonyl (C=O) groups is 2. The normalized spacial score (nSPS) is 21.0. The summed E-state index contributed by atoms with van der Waals surface area (Å²) >= 11 is 14.2. The number of ether oxygens (including phenoxy) is 5. The van der Waals surface area contributed by atoms with Gasteiger partial charge in [-0.1, -0.05) is 81.2 Å². The van der Waals surface area contributed by atoms with Gasteiger partial charge in [0, 0.05) is 119 Å². The summed E-state index contributed by atoms with van der Waals surface area (Å²) in [4.78, 5) is 68.6. The van der Waals surface area contributed by atoms with Crippen LogP contribution in [0.25, 0.3) is 71.0 Å². The van der Waals surface area contributed by atoms with Crippen molar-refractivity contribution in [3.8, 4) is 28.1 Å². The second-order valence-corrected chi connectivity index (χ2v) is 43.0. The van der Waals surface area contributed by atoms with Gasteiger partial charge in [0.05, 0.1) is 40.4 Å². The molecule has 0 spiro atoms. The minimum absolute atomic E-state index is 0.0210. The number of halogens is 2. The zero-order valence-electron chi connectivity index (χ0n) is 58.8. The molecule has 4 fully saturated rings. The van der Waals surface area contributed by atoms with E-state index in [1.807, 2.05) is 108 Å². The van der Waals surface area contributed by atoms with Crippen molar-refractivity contribution < 1.29 is 33.3 Å². The first kappa shape index (κ1) is 70.3. The highest BCUT2D eigenvalue weighted by molar-refractivity contribution is 6.76. The largest absolute Gasteiger partial charge is 0.481 e. The Bertz CT molecular complexity index is 4480. The Morgan fingerprint density at radius 2 is 1.04 bits per heavy atom. The van der Waals surface area contributed by atoms with E-state index in [1.165, 1.54) is 0 Å². The van der Waals surface area contributed by atoms with Gasteiger partial charge in [0.1, 0.15) is 53.1 Å². The quantitative estimate of drug-likeness (QED) is 0.0437. The first-order valence-electron chi connectivity index (χ1n) is 33.9. The van der Waals surface area contributed by atoms with Gasteiger partial charge >= 0.3 is 12.2 Å². The zero-order valence-corrected chi connectivity index (χ0v) is 62.3. The Kier molecular flexibility index (Phi) is 19.8. The SMILES string of the molecule is CCn1nc2ccc(-c3cn(COCC[Si](C)(C)C)c4nc(C5[C@H]6CC[C@@H]5[C@H](NC(=O)OC(C)(C)C)C6)n(C)c(=O)c34)c(Cl)c2c1OC.[C-]#[N+]c1c2c(Cl)c(-c3cn(COCC[Si](C)(C)C)c4nc(C5[C@H]6CC[C@@H]5[C@H](NC(=O)OC(C)(C)C)C6)n(C)c(=O)c34)ccc2nn1CC. The predicted molar refractivity (Wildman–Crippen MR) is 383 cm³/mol. The van der Waals surface area contributed by atoms with Gasteiger partial charge in [0.15, 0.2) is 0 Å². The van der Waals surface area contributed by atoms with Crippen molar-refractivity contribution in [1.29, 1.82) is 0 Å². The third kappa shape index (κ3) is 13.9. The Morgan fingerprint density at radius 3 is 1.44 bits per heavy atom. The molecular weight excluding hydrogens is 1290 g/mol. The van der Waals surface area contributed by atoms with Gasteiger partial charge in [0.25, 0.3) is 16.9 Å². The number of nitrogens with zero attached hydrogens (tertiary/aromatic N) is 11. The van der Waals surface area contributed by atoms with Crippen LogP contribution in [-0.4, -0.2) is 120 Å². The molecule has 22 nitrogen and oxygen atoms in total. The average molecular weight is 1390 g/mol. The van der Waals surface area contributed by atoms with E-state index < -0.39 is 39.5 Å². The summed E-state index contributed by atoms with van der Waals surface area (Å²) < 4.78 is 40.0. The van der Waals surface area contributed by atoms with Gasteiger partial charge < -0.3 is 48.3 Å². The molecule has 4 aliphatic carbocycles. The van der Waals surface area contributed by atoms with Crippen LogP contribution in [0.2, 0.25) is 61.4 Å². The molecule has 26 heteroatoms. The van der Waals surface area contributed by atoms with Crippen LogP contribution in [0.1, 0.15) is 117 Å². The summed E-state index contributed by atoms with van der Waals surface area (Å²) in [5.74, 6) is 3.39. The molecular formula is C70H95Cl2N13O9Si2. The number of nitrogens with one attached hydrogen (secondary N) is 2. The molecule has 2 aromatic carbocycles. The lowest BCUT2D eigenvalue weighted by atomic mass is 9.94. The molecule has 4 bridgehead atoms. The van der Waals surface area contributed by atoms with Gasteiger partial charge in [-0.15, -0.1) is 5.10 Å². The molecule has 96 heavy (non-hydrogen) atoms. The third-order valence-electron chi connectivity index (χ3n) is 19.6. The summed E-state index contributed by atoms with van der Waals surface area (Å²) in [6.07, 6.45) is 8.64. The number of methoxy groups -OCH3 is 1. The molecule has 6 heterocycles. The minimum atomic E-state index is -1.32. The van der Waals surface area contributed by atoms with Crippen molar-refractivity contribution in [1.82, 2.24) is 58.4 Å². The van der Waals surface area contributed by atoms with E-state index >= 15 is 0 Å². The number of benzene rings is 2. The smallest absolute Gasteiger partial charge is 0.407 e. The second-order valence-electron chi connectivity index (χ2n) is 31.0. The maximum atomic E-state index is 14.5. The number of alkyl carbamates (subject to hydrolysis) is 2. The van der Waals surface area contributed by atoms with E-state index in [0.29, 0.717) is 120 Å². The van der Waals surface area contributed by atoms with Crippen molar-refractivity contribution in [2.24, 2.45) is 37.8 Å². The van der Waals surface area contributed by atoms with E-state index in [9.17, 15) is 19.2 Å². The number of hydrogen-bond donors (Lipinski definition) is 2. The van der Waals surface area contributed by atoms with Crippen molar-refractivity contribution in [3.63, 3.8) is 0 Å². The van der Waals surface area contributed by atoms with Crippen LogP contribution in [0.15, 0.2) is 46.2 Å². The maximum absolute atomic E-state index is 14.5. The summed E-state index contributed by atoms with van der Waals surface area (Å²) in [5.41, 5.74) is 3.70. The van der Waals surface area contributed by atoms with Gasteiger partial charge in [-0.2, -0.15) is 9.78 Å². The number of hydrogen-bond acceptors (Lipinski definition) is 13. The molecule has 2 amide bonds. The first-order valence-corrected chi connectivity index (χ1v) is 42.0. The summed E-state index contributed by atoms with van der Waals surface area (Å²) in [6, 6.07) is 9.52. The Morgan fingerprint density at radius 1 is 0.625 bits per heavy atom. The van der Waals surface area contributed by atoms with Gasteiger partial charge in [-0.3, -0.25) is 18.7 Å². The lowest BCUT2D eigenvalue weighted by Crippen LogP contribution is -2.42. The highest BCUT2D eigenvalue weighted by Gasteiger charge is 2.53.